The largest absolute Gasteiger partial charge is 0.494 e. The summed E-state index contributed by atoms with van der Waals surface area (Å²) in [7, 11) is -4.01. The number of carbonyl (C=O) groups is 1. The number of nitrogens with one attached hydrogen (secondary N) is 2. The van der Waals surface area contributed by atoms with E-state index in [0.717, 1.165) is 25.0 Å². The van der Waals surface area contributed by atoms with Crippen LogP contribution in [-0.4, -0.2) is 45.1 Å². The minimum atomic E-state index is -4.01. The van der Waals surface area contributed by atoms with Crippen molar-refractivity contribution in [2.75, 3.05) is 19.7 Å². The second-order valence-corrected chi connectivity index (χ2v) is 10.1. The van der Waals surface area contributed by atoms with Gasteiger partial charge in [-0.15, -0.1) is 0 Å². The van der Waals surface area contributed by atoms with E-state index in [2.05, 4.69) is 17.0 Å². The van der Waals surface area contributed by atoms with Crippen molar-refractivity contribution < 1.29 is 26.7 Å². The number of urea groups is 1. The highest BCUT2D eigenvalue weighted by Crippen LogP contribution is 2.20. The van der Waals surface area contributed by atoms with Crippen molar-refractivity contribution in [3.8, 4) is 5.75 Å². The number of rotatable bonds is 10. The summed E-state index contributed by atoms with van der Waals surface area (Å²) in [6.45, 7) is 3.79. The third-order valence-electron chi connectivity index (χ3n) is 5.66. The number of ether oxygens (including phenoxy) is 1. The number of hydrogen-bond acceptors (Lipinski definition) is 5. The van der Waals surface area contributed by atoms with Gasteiger partial charge in [0.2, 0.25) is 10.0 Å². The van der Waals surface area contributed by atoms with Crippen LogP contribution in [0.15, 0.2) is 42.5 Å². The first-order valence-electron chi connectivity index (χ1n) is 11.4. The summed E-state index contributed by atoms with van der Waals surface area (Å²) in [5.74, 6) is -1.24. The van der Waals surface area contributed by atoms with Crippen molar-refractivity contribution in [3.05, 3.63) is 65.2 Å². The number of amides is 2. The van der Waals surface area contributed by atoms with Crippen molar-refractivity contribution >= 4 is 16.1 Å². The summed E-state index contributed by atoms with van der Waals surface area (Å²) in [5.41, 5.74) is 0.618. The van der Waals surface area contributed by atoms with E-state index in [0.29, 0.717) is 43.9 Å². The lowest BCUT2D eigenvalue weighted by Crippen LogP contribution is -2.51. The first-order valence-corrected chi connectivity index (χ1v) is 13.1. The summed E-state index contributed by atoms with van der Waals surface area (Å²) in [4.78, 5) is 14.3. The van der Waals surface area contributed by atoms with Gasteiger partial charge < -0.3 is 15.0 Å². The molecular formula is C24H31F2N3O4S. The molecule has 2 aromatic carbocycles. The molecule has 1 heterocycles. The highest BCUT2D eigenvalue weighted by molar-refractivity contribution is 7.89. The van der Waals surface area contributed by atoms with Crippen molar-refractivity contribution in [1.82, 2.24) is 14.9 Å². The first kappa shape index (κ1) is 25.9. The normalized spacial score (nSPS) is 14.6. The van der Waals surface area contributed by atoms with Gasteiger partial charge in [-0.25, -0.2) is 26.7 Å². The summed E-state index contributed by atoms with van der Waals surface area (Å²) in [5, 5.41) is 3.18. The van der Waals surface area contributed by atoms with Gasteiger partial charge in [0.25, 0.3) is 0 Å². The molecule has 2 aromatic rings. The van der Waals surface area contributed by atoms with Gasteiger partial charge in [0.15, 0.2) is 0 Å². The van der Waals surface area contributed by atoms with E-state index in [-0.39, 0.29) is 23.9 Å². The van der Waals surface area contributed by atoms with E-state index in [1.807, 2.05) is 0 Å². The van der Waals surface area contributed by atoms with Crippen LogP contribution >= 0.6 is 0 Å². The molecule has 3 rings (SSSR count). The van der Waals surface area contributed by atoms with E-state index in [1.54, 1.807) is 24.3 Å². The lowest BCUT2D eigenvalue weighted by molar-refractivity contribution is 0.158. The Labute approximate surface area is 199 Å². The Bertz CT molecular complexity index is 1060. The zero-order valence-corrected chi connectivity index (χ0v) is 20.0. The predicted molar refractivity (Wildman–Crippen MR) is 126 cm³/mol. The van der Waals surface area contributed by atoms with Gasteiger partial charge in [0, 0.05) is 17.7 Å². The van der Waals surface area contributed by atoms with Crippen molar-refractivity contribution in [2.24, 2.45) is 0 Å². The van der Waals surface area contributed by atoms with Crippen LogP contribution in [0.25, 0.3) is 0 Å². The molecule has 1 saturated heterocycles. The second-order valence-electron chi connectivity index (χ2n) is 8.36. The number of sulfonamides is 1. The predicted octanol–water partition coefficient (Wildman–Crippen LogP) is 3.94. The first-order chi connectivity index (χ1) is 16.3. The molecule has 0 atom stereocenters. The van der Waals surface area contributed by atoms with Gasteiger partial charge in [-0.3, -0.25) is 0 Å². The minimum absolute atomic E-state index is 0.117. The van der Waals surface area contributed by atoms with Crippen LogP contribution in [0, 0.1) is 11.6 Å². The molecule has 2 N–H and O–H groups in total. The number of carbonyl (C=O) groups excluding carboxylic acids is 1. The fraction of sp³-hybridized carbons (Fsp3) is 0.458. The Balaban J connectivity index is 1.69. The minimum Gasteiger partial charge on any atom is -0.494 e. The molecule has 34 heavy (non-hydrogen) atoms. The molecule has 0 saturated carbocycles. The third kappa shape index (κ3) is 7.66. The number of piperidine rings is 1. The number of unbranched alkanes of at least 4 members (excludes halogenated alkanes) is 1. The average Bonchev–Trinajstić information content (AvgIpc) is 2.80. The summed E-state index contributed by atoms with van der Waals surface area (Å²) >= 11 is 0. The lowest BCUT2D eigenvalue weighted by atomic mass is 10.0. The van der Waals surface area contributed by atoms with E-state index in [4.69, 9.17) is 4.74 Å². The van der Waals surface area contributed by atoms with Gasteiger partial charge in [-0.2, -0.15) is 0 Å². The molecule has 1 fully saturated rings. The van der Waals surface area contributed by atoms with Gasteiger partial charge in [-0.05, 0) is 56.1 Å². The van der Waals surface area contributed by atoms with Crippen LogP contribution in [0.5, 0.6) is 5.75 Å². The van der Waals surface area contributed by atoms with E-state index >= 15 is 0 Å². The average molecular weight is 496 g/mol. The van der Waals surface area contributed by atoms with Crippen molar-refractivity contribution in [2.45, 2.75) is 50.9 Å². The van der Waals surface area contributed by atoms with E-state index in [1.165, 1.54) is 11.0 Å². The molecule has 7 nitrogen and oxygen atoms in total. The molecule has 186 valence electrons. The second kappa shape index (κ2) is 12.1. The Hall–Kier alpha value is -2.72. The Kier molecular flexibility index (Phi) is 9.23. The Morgan fingerprint density at radius 3 is 2.50 bits per heavy atom. The number of nitrogens with zero attached hydrogens (tertiary/aromatic N) is 1. The highest BCUT2D eigenvalue weighted by atomic mass is 32.2. The van der Waals surface area contributed by atoms with Crippen LogP contribution in [-0.2, 0) is 22.3 Å². The molecule has 0 radical (unpaired) electrons. The van der Waals surface area contributed by atoms with Gasteiger partial charge in [0.1, 0.15) is 17.4 Å². The lowest BCUT2D eigenvalue weighted by Gasteiger charge is -2.34. The SMILES string of the molecule is CCCCOc1ccc(CS(=O)(=O)NC(=O)N(Cc2ccc(F)cc2F)C2CCNCC2)cc1. The monoisotopic (exact) mass is 495 g/mol. The van der Waals surface area contributed by atoms with E-state index in [9.17, 15) is 22.0 Å². The molecule has 1 aliphatic rings. The topological polar surface area (TPSA) is 87.7 Å². The maximum atomic E-state index is 14.3. The molecule has 0 unspecified atom stereocenters. The molecule has 0 bridgehead atoms. The van der Waals surface area contributed by atoms with Crippen molar-refractivity contribution in [3.63, 3.8) is 0 Å². The van der Waals surface area contributed by atoms with Crippen LogP contribution in [0.3, 0.4) is 0 Å². The Morgan fingerprint density at radius 1 is 1.15 bits per heavy atom. The number of benzene rings is 2. The zero-order valence-electron chi connectivity index (χ0n) is 19.2. The van der Waals surface area contributed by atoms with Crippen LogP contribution in [0.2, 0.25) is 0 Å². The quantitative estimate of drug-likeness (QED) is 0.488. The molecule has 1 aliphatic heterocycles. The molecule has 2 amide bonds. The summed E-state index contributed by atoms with van der Waals surface area (Å²) in [6.07, 6.45) is 3.13. The Morgan fingerprint density at radius 2 is 1.85 bits per heavy atom. The number of halogens is 2. The van der Waals surface area contributed by atoms with Gasteiger partial charge in [-0.1, -0.05) is 31.5 Å². The maximum Gasteiger partial charge on any atom is 0.331 e. The van der Waals surface area contributed by atoms with Crippen LogP contribution in [0.4, 0.5) is 13.6 Å². The summed E-state index contributed by atoms with van der Waals surface area (Å²) in [6, 6.07) is 8.71. The molecule has 10 heteroatoms. The van der Waals surface area contributed by atoms with Gasteiger partial charge in [0.05, 0.1) is 18.9 Å². The molecule has 0 spiro atoms. The number of hydrogen-bond donors (Lipinski definition) is 2. The highest BCUT2D eigenvalue weighted by Gasteiger charge is 2.29. The third-order valence-corrected chi connectivity index (χ3v) is 6.85. The standard InChI is InChI=1S/C24H31F2N3O4S/c1-2-3-14-33-22-8-4-18(5-9-22)17-34(31,32)28-24(30)29(21-10-12-27-13-11-21)16-19-6-7-20(25)15-23(19)26/h4-9,15,21,27H,2-3,10-14,16-17H2,1H3,(H,28,30). The molecule has 0 aliphatic carbocycles. The van der Waals surface area contributed by atoms with Crippen molar-refractivity contribution in [1.29, 1.82) is 0 Å². The molecular weight excluding hydrogens is 464 g/mol. The van der Waals surface area contributed by atoms with Gasteiger partial charge >= 0.3 is 6.03 Å². The van der Waals surface area contributed by atoms with E-state index < -0.39 is 27.7 Å². The van der Waals surface area contributed by atoms with Crippen LogP contribution in [0.1, 0.15) is 43.7 Å². The smallest absolute Gasteiger partial charge is 0.331 e. The fourth-order valence-corrected chi connectivity index (χ4v) is 4.87. The van der Waals surface area contributed by atoms with Crippen LogP contribution < -0.4 is 14.8 Å². The summed E-state index contributed by atoms with van der Waals surface area (Å²) < 4.78 is 60.7. The zero-order chi connectivity index (χ0) is 24.6. The fourth-order valence-electron chi connectivity index (χ4n) is 3.78. The molecule has 0 aromatic heterocycles. The maximum absolute atomic E-state index is 14.3.